The van der Waals surface area contributed by atoms with Crippen molar-refractivity contribution >= 4 is 5.91 Å². The Bertz CT molecular complexity index is 555. The summed E-state index contributed by atoms with van der Waals surface area (Å²) in [4.78, 5) is 11.5. The first-order chi connectivity index (χ1) is 9.69. The first kappa shape index (κ1) is 14.2. The van der Waals surface area contributed by atoms with Crippen LogP contribution in [0.5, 0.6) is 0 Å². The van der Waals surface area contributed by atoms with Crippen LogP contribution in [0.2, 0.25) is 0 Å². The molecule has 1 aromatic carbocycles. The zero-order valence-corrected chi connectivity index (χ0v) is 11.1. The van der Waals surface area contributed by atoms with Gasteiger partial charge < -0.3 is 5.73 Å². The number of carbonyl (C=O) groups is 1. The Morgan fingerprint density at radius 2 is 2.05 bits per heavy atom. The highest BCUT2D eigenvalue weighted by molar-refractivity contribution is 5.77. The lowest BCUT2D eigenvalue weighted by atomic mass is 9.94. The Morgan fingerprint density at radius 3 is 2.70 bits per heavy atom. The highest BCUT2D eigenvalue weighted by Gasteiger charge is 2.18. The van der Waals surface area contributed by atoms with Crippen LogP contribution in [-0.2, 0) is 24.2 Å². The Kier molecular flexibility index (Phi) is 4.81. The quantitative estimate of drug-likeness (QED) is 0.824. The van der Waals surface area contributed by atoms with Crippen LogP contribution in [0.1, 0.15) is 11.3 Å². The van der Waals surface area contributed by atoms with Gasteiger partial charge in [-0.05, 0) is 12.0 Å². The first-order valence-electron chi connectivity index (χ1n) is 6.47. The Balaban J connectivity index is 2.03. The van der Waals surface area contributed by atoms with E-state index in [0.29, 0.717) is 18.5 Å². The minimum absolute atomic E-state index is 0.174. The van der Waals surface area contributed by atoms with E-state index >= 15 is 0 Å². The van der Waals surface area contributed by atoms with Crippen molar-refractivity contribution in [2.24, 2.45) is 11.7 Å². The summed E-state index contributed by atoms with van der Waals surface area (Å²) >= 11 is 0. The van der Waals surface area contributed by atoms with E-state index in [1.54, 1.807) is 6.20 Å². The fourth-order valence-electron chi connectivity index (χ4n) is 2.05. The maximum atomic E-state index is 12.2. The minimum Gasteiger partial charge on any atom is -0.369 e. The molecule has 0 aliphatic heterocycles. The third kappa shape index (κ3) is 3.88. The molecule has 2 rings (SSSR count). The van der Waals surface area contributed by atoms with Gasteiger partial charge in [0.2, 0.25) is 5.91 Å². The maximum Gasteiger partial charge on any atom is 0.221 e. The van der Waals surface area contributed by atoms with Gasteiger partial charge in [0, 0.05) is 18.5 Å². The number of alkyl halides is 1. The molecular formula is C14H17FN4O. The molecule has 20 heavy (non-hydrogen) atoms. The van der Waals surface area contributed by atoms with Crippen LogP contribution >= 0.6 is 0 Å². The second kappa shape index (κ2) is 6.79. The Morgan fingerprint density at radius 1 is 1.30 bits per heavy atom. The van der Waals surface area contributed by atoms with Gasteiger partial charge in [0.15, 0.2) is 0 Å². The Labute approximate surface area is 116 Å². The molecule has 2 N–H and O–H groups in total. The SMILES string of the molecule is NC(=O)C(Cc1ccccc1)Cc1cn(CCF)nn1. The largest absolute Gasteiger partial charge is 0.369 e. The van der Waals surface area contributed by atoms with Crippen LogP contribution in [0.25, 0.3) is 0 Å². The molecule has 2 aromatic rings. The lowest BCUT2D eigenvalue weighted by Gasteiger charge is -2.11. The lowest BCUT2D eigenvalue weighted by Crippen LogP contribution is -2.27. The van der Waals surface area contributed by atoms with Crippen LogP contribution in [0.3, 0.4) is 0 Å². The first-order valence-corrected chi connectivity index (χ1v) is 6.47. The second-order valence-corrected chi connectivity index (χ2v) is 4.66. The van der Waals surface area contributed by atoms with E-state index in [1.165, 1.54) is 4.68 Å². The lowest BCUT2D eigenvalue weighted by molar-refractivity contribution is -0.121. The van der Waals surface area contributed by atoms with Gasteiger partial charge >= 0.3 is 0 Å². The predicted molar refractivity (Wildman–Crippen MR) is 72.5 cm³/mol. The summed E-state index contributed by atoms with van der Waals surface area (Å²) in [5.74, 6) is -0.707. The molecule has 0 fully saturated rings. The number of aryl methyl sites for hydroxylation is 1. The highest BCUT2D eigenvalue weighted by Crippen LogP contribution is 2.13. The molecule has 1 atom stereocenters. The van der Waals surface area contributed by atoms with E-state index < -0.39 is 6.67 Å². The van der Waals surface area contributed by atoms with Gasteiger partial charge in [-0.2, -0.15) is 0 Å². The van der Waals surface area contributed by atoms with Crippen molar-refractivity contribution in [1.29, 1.82) is 0 Å². The van der Waals surface area contributed by atoms with E-state index in [4.69, 9.17) is 5.73 Å². The smallest absolute Gasteiger partial charge is 0.221 e. The van der Waals surface area contributed by atoms with Crippen LogP contribution in [0.4, 0.5) is 4.39 Å². The van der Waals surface area contributed by atoms with E-state index in [0.717, 1.165) is 5.56 Å². The van der Waals surface area contributed by atoms with Crippen LogP contribution in [-0.4, -0.2) is 27.6 Å². The molecule has 1 heterocycles. The molecule has 0 spiro atoms. The molecule has 6 heteroatoms. The highest BCUT2D eigenvalue weighted by atomic mass is 19.1. The molecule has 0 saturated carbocycles. The summed E-state index contributed by atoms with van der Waals surface area (Å²) < 4.78 is 13.6. The number of hydrogen-bond donors (Lipinski definition) is 1. The molecule has 1 unspecified atom stereocenters. The molecule has 0 aliphatic carbocycles. The number of aromatic nitrogens is 3. The fraction of sp³-hybridized carbons (Fsp3) is 0.357. The molecule has 0 saturated heterocycles. The van der Waals surface area contributed by atoms with E-state index in [9.17, 15) is 9.18 Å². The number of halogens is 1. The number of hydrogen-bond acceptors (Lipinski definition) is 3. The van der Waals surface area contributed by atoms with Crippen molar-refractivity contribution in [2.45, 2.75) is 19.4 Å². The summed E-state index contributed by atoms with van der Waals surface area (Å²) in [6.45, 7) is -0.320. The van der Waals surface area contributed by atoms with Gasteiger partial charge in [0.05, 0.1) is 12.2 Å². The Hall–Kier alpha value is -2.24. The van der Waals surface area contributed by atoms with E-state index in [2.05, 4.69) is 10.3 Å². The number of amides is 1. The number of carbonyl (C=O) groups excluding carboxylic acids is 1. The zero-order valence-electron chi connectivity index (χ0n) is 11.1. The predicted octanol–water partition coefficient (Wildman–Crippen LogP) is 1.13. The molecule has 0 bridgehead atoms. The molecule has 1 amide bonds. The molecule has 1 aromatic heterocycles. The summed E-state index contributed by atoms with van der Waals surface area (Å²) in [6, 6.07) is 9.67. The monoisotopic (exact) mass is 276 g/mol. The standard InChI is InChI=1S/C14H17FN4O/c15-6-7-19-10-13(17-18-19)9-12(14(16)20)8-11-4-2-1-3-5-11/h1-5,10,12H,6-9H2,(H2,16,20). The van der Waals surface area contributed by atoms with Gasteiger partial charge in [0.25, 0.3) is 0 Å². The molecule has 0 aliphatic rings. The number of primary amides is 1. The average molecular weight is 276 g/mol. The topological polar surface area (TPSA) is 73.8 Å². The molecular weight excluding hydrogens is 259 g/mol. The van der Waals surface area contributed by atoms with Crippen molar-refractivity contribution < 1.29 is 9.18 Å². The van der Waals surface area contributed by atoms with Gasteiger partial charge in [-0.25, -0.2) is 9.07 Å². The van der Waals surface area contributed by atoms with Crippen molar-refractivity contribution in [3.05, 3.63) is 47.8 Å². The number of benzene rings is 1. The van der Waals surface area contributed by atoms with Crippen LogP contribution in [0, 0.1) is 5.92 Å². The summed E-state index contributed by atoms with van der Waals surface area (Å²) in [5.41, 5.74) is 7.14. The maximum absolute atomic E-state index is 12.2. The summed E-state index contributed by atoms with van der Waals surface area (Å²) in [6.07, 6.45) is 2.63. The van der Waals surface area contributed by atoms with Crippen molar-refractivity contribution in [1.82, 2.24) is 15.0 Å². The minimum atomic E-state index is -0.494. The zero-order chi connectivity index (χ0) is 14.4. The van der Waals surface area contributed by atoms with Crippen molar-refractivity contribution in [2.75, 3.05) is 6.67 Å². The number of rotatable bonds is 7. The van der Waals surface area contributed by atoms with Gasteiger partial charge in [-0.1, -0.05) is 35.5 Å². The van der Waals surface area contributed by atoms with Crippen LogP contribution in [0.15, 0.2) is 36.5 Å². The summed E-state index contributed by atoms with van der Waals surface area (Å²) in [5, 5.41) is 7.74. The van der Waals surface area contributed by atoms with Gasteiger partial charge in [0.1, 0.15) is 6.67 Å². The van der Waals surface area contributed by atoms with Crippen molar-refractivity contribution in [3.63, 3.8) is 0 Å². The van der Waals surface area contributed by atoms with Gasteiger partial charge in [-0.3, -0.25) is 4.79 Å². The summed E-state index contributed by atoms with van der Waals surface area (Å²) in [7, 11) is 0. The number of nitrogens with two attached hydrogens (primary N) is 1. The fourth-order valence-corrected chi connectivity index (χ4v) is 2.05. The average Bonchev–Trinajstić information content (AvgIpc) is 2.87. The second-order valence-electron chi connectivity index (χ2n) is 4.66. The third-order valence-electron chi connectivity index (χ3n) is 3.08. The van der Waals surface area contributed by atoms with Crippen molar-refractivity contribution in [3.8, 4) is 0 Å². The normalized spacial score (nSPS) is 12.2. The third-order valence-corrected chi connectivity index (χ3v) is 3.08. The van der Waals surface area contributed by atoms with E-state index in [1.807, 2.05) is 30.3 Å². The van der Waals surface area contributed by atoms with Crippen LogP contribution < -0.4 is 5.73 Å². The van der Waals surface area contributed by atoms with Gasteiger partial charge in [-0.15, -0.1) is 5.10 Å². The molecule has 106 valence electrons. The number of nitrogens with zero attached hydrogens (tertiary/aromatic N) is 3. The molecule has 0 radical (unpaired) electrons. The van der Waals surface area contributed by atoms with E-state index in [-0.39, 0.29) is 18.4 Å². The molecule has 5 nitrogen and oxygen atoms in total.